The standard InChI is InChI=1S/C12H15N3O2/c1-3-17-8(2)13-12(16)11-9-6-4-5-7-10(9)14-15-11/h4-8H,3H2,1-2H3,(H,13,16)(H,14,15). The normalized spacial score (nSPS) is 12.6. The van der Waals surface area contributed by atoms with Crippen LogP contribution in [0.3, 0.4) is 0 Å². The molecule has 17 heavy (non-hydrogen) atoms. The van der Waals surface area contributed by atoms with Crippen LogP contribution >= 0.6 is 0 Å². The number of carbonyl (C=O) groups excluding carboxylic acids is 1. The van der Waals surface area contributed by atoms with Crippen LogP contribution < -0.4 is 5.32 Å². The Hall–Kier alpha value is -1.88. The number of rotatable bonds is 4. The van der Waals surface area contributed by atoms with E-state index in [9.17, 15) is 4.79 Å². The van der Waals surface area contributed by atoms with E-state index in [-0.39, 0.29) is 12.1 Å². The molecule has 5 heteroatoms. The number of H-pyrrole nitrogens is 1. The minimum absolute atomic E-state index is 0.233. The van der Waals surface area contributed by atoms with Crippen LogP contribution in [-0.2, 0) is 4.74 Å². The lowest BCUT2D eigenvalue weighted by Gasteiger charge is -2.12. The summed E-state index contributed by atoms with van der Waals surface area (Å²) >= 11 is 0. The average molecular weight is 233 g/mol. The van der Waals surface area contributed by atoms with Gasteiger partial charge in [0.05, 0.1) is 5.52 Å². The highest BCUT2D eigenvalue weighted by Gasteiger charge is 2.15. The van der Waals surface area contributed by atoms with E-state index in [4.69, 9.17) is 4.74 Å². The van der Waals surface area contributed by atoms with Crippen molar-refractivity contribution in [1.82, 2.24) is 15.5 Å². The SMILES string of the molecule is CCOC(C)NC(=O)c1n[nH]c2ccccc12. The number of nitrogens with zero attached hydrogens (tertiary/aromatic N) is 1. The Morgan fingerprint density at radius 2 is 2.29 bits per heavy atom. The maximum absolute atomic E-state index is 11.9. The molecular weight excluding hydrogens is 218 g/mol. The molecule has 0 spiro atoms. The van der Waals surface area contributed by atoms with Crippen LogP contribution in [0.4, 0.5) is 0 Å². The van der Waals surface area contributed by atoms with Crippen molar-refractivity contribution in [2.75, 3.05) is 6.61 Å². The second-order valence-corrected chi connectivity index (χ2v) is 3.69. The molecule has 0 aliphatic carbocycles. The van der Waals surface area contributed by atoms with Crippen LogP contribution in [0.5, 0.6) is 0 Å². The van der Waals surface area contributed by atoms with Crippen molar-refractivity contribution < 1.29 is 9.53 Å². The molecule has 1 unspecified atom stereocenters. The van der Waals surface area contributed by atoms with Crippen LogP contribution in [0.1, 0.15) is 24.3 Å². The predicted molar refractivity (Wildman–Crippen MR) is 64.6 cm³/mol. The number of para-hydroxylation sites is 1. The van der Waals surface area contributed by atoms with E-state index in [1.165, 1.54) is 0 Å². The molecule has 0 radical (unpaired) electrons. The summed E-state index contributed by atoms with van der Waals surface area (Å²) in [6.07, 6.45) is -0.317. The molecule has 0 bridgehead atoms. The van der Waals surface area contributed by atoms with E-state index < -0.39 is 0 Å². The Morgan fingerprint density at radius 1 is 1.53 bits per heavy atom. The molecule has 1 heterocycles. The highest BCUT2D eigenvalue weighted by atomic mass is 16.5. The molecule has 0 fully saturated rings. The molecule has 1 aromatic heterocycles. The largest absolute Gasteiger partial charge is 0.359 e. The molecule has 1 aromatic carbocycles. The Kier molecular flexibility index (Phi) is 3.39. The molecule has 0 aliphatic rings. The van der Waals surface area contributed by atoms with Gasteiger partial charge in [0.15, 0.2) is 5.69 Å². The zero-order valence-electron chi connectivity index (χ0n) is 9.86. The Bertz CT molecular complexity index is 521. The molecule has 2 rings (SSSR count). The third-order valence-corrected chi connectivity index (χ3v) is 2.44. The number of carbonyl (C=O) groups is 1. The van der Waals surface area contributed by atoms with Crippen molar-refractivity contribution in [2.24, 2.45) is 0 Å². The minimum Gasteiger partial charge on any atom is -0.359 e. The van der Waals surface area contributed by atoms with Gasteiger partial charge in [0, 0.05) is 12.0 Å². The van der Waals surface area contributed by atoms with Crippen molar-refractivity contribution in [3.05, 3.63) is 30.0 Å². The monoisotopic (exact) mass is 233 g/mol. The maximum atomic E-state index is 11.9. The lowest BCUT2D eigenvalue weighted by Crippen LogP contribution is -2.34. The fourth-order valence-electron chi connectivity index (χ4n) is 1.68. The van der Waals surface area contributed by atoms with Crippen molar-refractivity contribution in [3.8, 4) is 0 Å². The number of benzene rings is 1. The number of fused-ring (bicyclic) bond motifs is 1. The van der Waals surface area contributed by atoms with Gasteiger partial charge in [0.1, 0.15) is 6.23 Å². The van der Waals surface area contributed by atoms with E-state index in [0.29, 0.717) is 12.3 Å². The van der Waals surface area contributed by atoms with E-state index >= 15 is 0 Å². The highest BCUT2D eigenvalue weighted by molar-refractivity contribution is 6.04. The number of hydrogen-bond acceptors (Lipinski definition) is 3. The number of nitrogens with one attached hydrogen (secondary N) is 2. The molecular formula is C12H15N3O2. The van der Waals surface area contributed by atoms with Crippen LogP contribution in [0, 0.1) is 0 Å². The molecule has 90 valence electrons. The summed E-state index contributed by atoms with van der Waals surface area (Å²) < 4.78 is 5.25. The van der Waals surface area contributed by atoms with Gasteiger partial charge >= 0.3 is 0 Å². The zero-order chi connectivity index (χ0) is 12.3. The van der Waals surface area contributed by atoms with Crippen LogP contribution in [0.15, 0.2) is 24.3 Å². The van der Waals surface area contributed by atoms with Crippen molar-refractivity contribution >= 4 is 16.8 Å². The number of aromatic amines is 1. The highest BCUT2D eigenvalue weighted by Crippen LogP contribution is 2.14. The molecule has 0 saturated carbocycles. The van der Waals surface area contributed by atoms with Crippen molar-refractivity contribution in [2.45, 2.75) is 20.1 Å². The van der Waals surface area contributed by atoms with Gasteiger partial charge in [-0.15, -0.1) is 0 Å². The van der Waals surface area contributed by atoms with E-state index in [1.807, 2.05) is 31.2 Å². The van der Waals surface area contributed by atoms with Gasteiger partial charge < -0.3 is 10.1 Å². The van der Waals surface area contributed by atoms with Crippen LogP contribution in [-0.4, -0.2) is 28.9 Å². The number of ether oxygens (including phenoxy) is 1. The Morgan fingerprint density at radius 3 is 3.06 bits per heavy atom. The maximum Gasteiger partial charge on any atom is 0.274 e. The van der Waals surface area contributed by atoms with Gasteiger partial charge in [-0.2, -0.15) is 5.10 Å². The fraction of sp³-hybridized carbons (Fsp3) is 0.333. The Balaban J connectivity index is 2.19. The van der Waals surface area contributed by atoms with E-state index in [0.717, 1.165) is 10.9 Å². The Labute approximate surface area is 99.2 Å². The summed E-state index contributed by atoms with van der Waals surface area (Å²) in [6, 6.07) is 7.51. The van der Waals surface area contributed by atoms with E-state index in [2.05, 4.69) is 15.5 Å². The topological polar surface area (TPSA) is 67.0 Å². The molecule has 5 nitrogen and oxygen atoms in total. The number of amides is 1. The number of aromatic nitrogens is 2. The quantitative estimate of drug-likeness (QED) is 0.789. The third kappa shape index (κ3) is 2.45. The lowest BCUT2D eigenvalue weighted by molar-refractivity contribution is 0.0448. The van der Waals surface area contributed by atoms with Gasteiger partial charge in [-0.05, 0) is 19.9 Å². The van der Waals surface area contributed by atoms with Gasteiger partial charge in [0.2, 0.25) is 0 Å². The smallest absolute Gasteiger partial charge is 0.274 e. The second-order valence-electron chi connectivity index (χ2n) is 3.69. The summed E-state index contributed by atoms with van der Waals surface area (Å²) in [5, 5.41) is 10.4. The van der Waals surface area contributed by atoms with Crippen molar-refractivity contribution in [1.29, 1.82) is 0 Å². The number of hydrogen-bond donors (Lipinski definition) is 2. The summed E-state index contributed by atoms with van der Waals surface area (Å²) in [5.41, 5.74) is 1.24. The lowest BCUT2D eigenvalue weighted by atomic mass is 10.2. The fourth-order valence-corrected chi connectivity index (χ4v) is 1.68. The summed E-state index contributed by atoms with van der Waals surface area (Å²) in [6.45, 7) is 4.23. The summed E-state index contributed by atoms with van der Waals surface area (Å²) in [4.78, 5) is 11.9. The van der Waals surface area contributed by atoms with Gasteiger partial charge in [-0.25, -0.2) is 0 Å². The van der Waals surface area contributed by atoms with Crippen LogP contribution in [0.25, 0.3) is 10.9 Å². The first-order valence-electron chi connectivity index (χ1n) is 5.58. The second kappa shape index (κ2) is 4.97. The van der Waals surface area contributed by atoms with E-state index in [1.54, 1.807) is 6.92 Å². The average Bonchev–Trinajstić information content (AvgIpc) is 2.72. The summed E-state index contributed by atoms with van der Waals surface area (Å²) in [7, 11) is 0. The van der Waals surface area contributed by atoms with Crippen LogP contribution in [0.2, 0.25) is 0 Å². The molecule has 2 aromatic rings. The molecule has 0 aliphatic heterocycles. The van der Waals surface area contributed by atoms with Crippen molar-refractivity contribution in [3.63, 3.8) is 0 Å². The van der Waals surface area contributed by atoms with Gasteiger partial charge in [-0.3, -0.25) is 9.89 Å². The first-order chi connectivity index (χ1) is 8.22. The summed E-state index contributed by atoms with van der Waals surface area (Å²) in [5.74, 6) is -0.233. The molecule has 2 N–H and O–H groups in total. The molecule has 1 amide bonds. The molecule has 1 atom stereocenters. The predicted octanol–water partition coefficient (Wildman–Crippen LogP) is 1.68. The van der Waals surface area contributed by atoms with Gasteiger partial charge in [-0.1, -0.05) is 18.2 Å². The molecule has 0 saturated heterocycles. The zero-order valence-corrected chi connectivity index (χ0v) is 9.86. The first kappa shape index (κ1) is 11.6. The minimum atomic E-state index is -0.317. The van der Waals surface area contributed by atoms with Gasteiger partial charge in [0.25, 0.3) is 5.91 Å². The third-order valence-electron chi connectivity index (χ3n) is 2.44. The first-order valence-corrected chi connectivity index (χ1v) is 5.58.